The van der Waals surface area contributed by atoms with E-state index < -0.39 is 0 Å². The molecule has 1 aliphatic carbocycles. The number of aryl methyl sites for hydroxylation is 1. The molecule has 1 fully saturated rings. The fourth-order valence-electron chi connectivity index (χ4n) is 2.99. The van der Waals surface area contributed by atoms with Crippen LogP contribution in [0.25, 0.3) is 0 Å². The van der Waals surface area contributed by atoms with Gasteiger partial charge >= 0.3 is 0 Å². The van der Waals surface area contributed by atoms with E-state index >= 15 is 0 Å². The fraction of sp³-hybridized carbons (Fsp3) is 0.750. The van der Waals surface area contributed by atoms with Crippen molar-refractivity contribution in [1.29, 1.82) is 0 Å². The van der Waals surface area contributed by atoms with E-state index in [2.05, 4.69) is 30.3 Å². The lowest BCUT2D eigenvalue weighted by molar-refractivity contribution is -0.124. The van der Waals surface area contributed by atoms with Gasteiger partial charge < -0.3 is 9.30 Å². The molecule has 21 heavy (non-hydrogen) atoms. The van der Waals surface area contributed by atoms with Gasteiger partial charge in [-0.25, -0.2) is 0 Å². The van der Waals surface area contributed by atoms with Crippen LogP contribution < -0.4 is 4.80 Å². The molecule has 0 aliphatic heterocycles. The summed E-state index contributed by atoms with van der Waals surface area (Å²) in [5.74, 6) is 0.636. The summed E-state index contributed by atoms with van der Waals surface area (Å²) >= 11 is 1.60. The van der Waals surface area contributed by atoms with E-state index in [1.165, 1.54) is 17.0 Å². The van der Waals surface area contributed by atoms with E-state index in [9.17, 15) is 4.79 Å². The first kappa shape index (κ1) is 16.4. The van der Waals surface area contributed by atoms with Crippen molar-refractivity contribution in [3.63, 3.8) is 0 Å². The topological polar surface area (TPSA) is 43.6 Å². The average molecular weight is 310 g/mol. The zero-order chi connectivity index (χ0) is 15.4. The molecule has 0 bridgehead atoms. The summed E-state index contributed by atoms with van der Waals surface area (Å²) in [7, 11) is 1.70. The molecule has 1 amide bonds. The number of aromatic nitrogens is 1. The molecule has 118 valence electrons. The Morgan fingerprint density at radius 1 is 1.38 bits per heavy atom. The third-order valence-corrected chi connectivity index (χ3v) is 5.64. The summed E-state index contributed by atoms with van der Waals surface area (Å²) in [4.78, 5) is 19.0. The highest BCUT2D eigenvalue weighted by molar-refractivity contribution is 7.09. The molecule has 0 radical (unpaired) electrons. The molecule has 1 aliphatic rings. The van der Waals surface area contributed by atoms with Crippen molar-refractivity contribution in [3.8, 4) is 0 Å². The van der Waals surface area contributed by atoms with Gasteiger partial charge in [-0.1, -0.05) is 19.8 Å². The minimum atomic E-state index is 0.0645. The lowest BCUT2D eigenvalue weighted by Crippen LogP contribution is -2.27. The van der Waals surface area contributed by atoms with Crippen LogP contribution in [-0.4, -0.2) is 24.2 Å². The van der Waals surface area contributed by atoms with Crippen LogP contribution in [0.5, 0.6) is 0 Å². The summed E-state index contributed by atoms with van der Waals surface area (Å²) in [6.07, 6.45) is 4.54. The Morgan fingerprint density at radius 2 is 2.10 bits per heavy atom. The van der Waals surface area contributed by atoms with Crippen molar-refractivity contribution in [2.75, 3.05) is 13.7 Å². The number of carbonyl (C=O) groups excluding carboxylic acids is 1. The Hall–Kier alpha value is -0.940. The smallest absolute Gasteiger partial charge is 0.251 e. The van der Waals surface area contributed by atoms with Crippen LogP contribution in [0.15, 0.2) is 4.99 Å². The summed E-state index contributed by atoms with van der Waals surface area (Å²) in [5, 5.41) is 0. The maximum Gasteiger partial charge on any atom is 0.251 e. The third-order valence-electron chi connectivity index (χ3n) is 4.54. The maximum absolute atomic E-state index is 12.5. The SMILES string of the molecule is COCCn1c(C)c(C)sc1=NC(=O)[C@@H]1CCCC[C@@H]1C. The van der Waals surface area contributed by atoms with Gasteiger partial charge in [0, 0.05) is 30.1 Å². The molecule has 1 heterocycles. The summed E-state index contributed by atoms with van der Waals surface area (Å²) in [6, 6.07) is 0. The van der Waals surface area contributed by atoms with Crippen LogP contribution in [-0.2, 0) is 16.1 Å². The van der Waals surface area contributed by atoms with Gasteiger partial charge in [-0.2, -0.15) is 4.99 Å². The number of thiazole rings is 1. The predicted octanol–water partition coefficient (Wildman–Crippen LogP) is 3.07. The number of ether oxygens (including phenoxy) is 1. The highest BCUT2D eigenvalue weighted by Crippen LogP contribution is 2.30. The Kier molecular flexibility index (Phi) is 5.76. The Balaban J connectivity index is 2.27. The van der Waals surface area contributed by atoms with E-state index in [1.807, 2.05) is 0 Å². The normalized spacial score (nSPS) is 23.5. The zero-order valence-corrected chi connectivity index (χ0v) is 14.3. The molecule has 1 aromatic rings. The summed E-state index contributed by atoms with van der Waals surface area (Å²) < 4.78 is 7.27. The molecule has 2 atom stereocenters. The van der Waals surface area contributed by atoms with Crippen LogP contribution in [0.1, 0.15) is 43.2 Å². The van der Waals surface area contributed by atoms with Gasteiger partial charge in [0.05, 0.1) is 6.61 Å². The number of rotatable bonds is 4. The standard InChI is InChI=1S/C16H26N2O2S/c1-11-7-5-6-8-14(11)15(19)17-16-18(9-10-20-4)12(2)13(3)21-16/h11,14H,5-10H2,1-4H3/t11-,14+/m0/s1. The molecule has 0 aromatic carbocycles. The minimum Gasteiger partial charge on any atom is -0.383 e. The first-order valence-electron chi connectivity index (χ1n) is 7.79. The van der Waals surface area contributed by atoms with Crippen LogP contribution in [0.4, 0.5) is 0 Å². The lowest BCUT2D eigenvalue weighted by Gasteiger charge is -2.25. The van der Waals surface area contributed by atoms with Gasteiger partial charge in [0.2, 0.25) is 0 Å². The highest BCUT2D eigenvalue weighted by atomic mass is 32.1. The van der Waals surface area contributed by atoms with Gasteiger partial charge in [-0.15, -0.1) is 11.3 Å². The Bertz CT molecular complexity index is 559. The van der Waals surface area contributed by atoms with E-state index in [-0.39, 0.29) is 11.8 Å². The monoisotopic (exact) mass is 310 g/mol. The maximum atomic E-state index is 12.5. The Labute approximate surface area is 130 Å². The highest BCUT2D eigenvalue weighted by Gasteiger charge is 2.27. The first-order chi connectivity index (χ1) is 10.0. The average Bonchev–Trinajstić information content (AvgIpc) is 2.72. The largest absolute Gasteiger partial charge is 0.383 e. The van der Waals surface area contributed by atoms with Crippen molar-refractivity contribution < 1.29 is 9.53 Å². The lowest BCUT2D eigenvalue weighted by atomic mass is 9.80. The van der Waals surface area contributed by atoms with Crippen molar-refractivity contribution >= 4 is 17.2 Å². The molecule has 1 aromatic heterocycles. The van der Waals surface area contributed by atoms with E-state index in [0.717, 1.165) is 30.6 Å². The molecular formula is C16H26N2O2S. The third kappa shape index (κ3) is 3.83. The van der Waals surface area contributed by atoms with Crippen LogP contribution >= 0.6 is 11.3 Å². The molecular weight excluding hydrogens is 284 g/mol. The number of hydrogen-bond acceptors (Lipinski definition) is 3. The second-order valence-corrected chi connectivity index (χ2v) is 7.17. The fourth-order valence-corrected chi connectivity index (χ4v) is 3.99. The van der Waals surface area contributed by atoms with E-state index in [0.29, 0.717) is 12.5 Å². The number of amides is 1. The van der Waals surface area contributed by atoms with Crippen molar-refractivity contribution in [3.05, 3.63) is 15.4 Å². The number of nitrogens with zero attached hydrogens (tertiary/aromatic N) is 2. The van der Waals surface area contributed by atoms with Gasteiger partial charge in [0.1, 0.15) is 0 Å². The quantitative estimate of drug-likeness (QED) is 0.858. The zero-order valence-electron chi connectivity index (χ0n) is 13.5. The molecule has 1 saturated carbocycles. The molecule has 0 saturated heterocycles. The molecule has 4 nitrogen and oxygen atoms in total. The second-order valence-electron chi connectivity index (χ2n) is 5.99. The van der Waals surface area contributed by atoms with Crippen LogP contribution in [0.3, 0.4) is 0 Å². The number of hydrogen-bond donors (Lipinski definition) is 0. The first-order valence-corrected chi connectivity index (χ1v) is 8.60. The predicted molar refractivity (Wildman–Crippen MR) is 85.4 cm³/mol. The number of methoxy groups -OCH3 is 1. The molecule has 2 rings (SSSR count). The minimum absolute atomic E-state index is 0.0645. The summed E-state index contributed by atoms with van der Waals surface area (Å²) in [6.45, 7) is 7.72. The molecule has 5 heteroatoms. The van der Waals surface area contributed by atoms with Gasteiger partial charge in [0.25, 0.3) is 5.91 Å². The van der Waals surface area contributed by atoms with Crippen molar-refractivity contribution in [1.82, 2.24) is 4.57 Å². The molecule has 0 N–H and O–H groups in total. The summed E-state index contributed by atoms with van der Waals surface area (Å²) in [5.41, 5.74) is 1.18. The van der Waals surface area contributed by atoms with Gasteiger partial charge in [-0.3, -0.25) is 4.79 Å². The van der Waals surface area contributed by atoms with Gasteiger partial charge in [0.15, 0.2) is 4.80 Å². The Morgan fingerprint density at radius 3 is 2.76 bits per heavy atom. The van der Waals surface area contributed by atoms with Crippen molar-refractivity contribution in [2.45, 2.75) is 53.0 Å². The second kappa shape index (κ2) is 7.36. The number of carbonyl (C=O) groups is 1. The van der Waals surface area contributed by atoms with Gasteiger partial charge in [-0.05, 0) is 32.6 Å². The molecule has 0 spiro atoms. The van der Waals surface area contributed by atoms with E-state index in [1.54, 1.807) is 18.4 Å². The van der Waals surface area contributed by atoms with Crippen molar-refractivity contribution in [2.24, 2.45) is 16.8 Å². The molecule has 0 unspecified atom stereocenters. The van der Waals surface area contributed by atoms with E-state index in [4.69, 9.17) is 4.74 Å². The van der Waals surface area contributed by atoms with Crippen LogP contribution in [0.2, 0.25) is 0 Å². The van der Waals surface area contributed by atoms with Crippen LogP contribution in [0, 0.1) is 25.7 Å².